The molecule has 2 aliphatic rings. The second-order valence-corrected chi connectivity index (χ2v) is 6.48. The fourth-order valence-corrected chi connectivity index (χ4v) is 2.60. The van der Waals surface area contributed by atoms with E-state index in [-0.39, 0.29) is 12.1 Å². The Balaban J connectivity index is 1.87. The lowest BCUT2D eigenvalue weighted by Gasteiger charge is -2.38. The molecule has 6 heteroatoms. The van der Waals surface area contributed by atoms with Gasteiger partial charge in [-0.1, -0.05) is 0 Å². The maximum atomic E-state index is 12.0. The second-order valence-electron chi connectivity index (χ2n) is 6.48. The molecule has 2 fully saturated rings. The van der Waals surface area contributed by atoms with Gasteiger partial charge in [-0.15, -0.1) is 0 Å². The van der Waals surface area contributed by atoms with E-state index in [2.05, 4.69) is 4.90 Å². The molecule has 20 heavy (non-hydrogen) atoms. The number of carbonyl (C=O) groups excluding carboxylic acids is 2. The van der Waals surface area contributed by atoms with Crippen LogP contribution in [0.25, 0.3) is 0 Å². The molecule has 2 rings (SSSR count). The van der Waals surface area contributed by atoms with Crippen LogP contribution in [0.4, 0.5) is 4.79 Å². The van der Waals surface area contributed by atoms with Gasteiger partial charge in [0.2, 0.25) is 0 Å². The molecule has 0 radical (unpaired) electrons. The standard InChI is InChI=1S/C14H24N2O4/c1-13(2,3)20-12(18)15-7-9-16(10-8-15)14(5-6-14)11(17)19-4/h5-10H2,1-4H3. The van der Waals surface area contributed by atoms with Crippen LogP contribution in [-0.4, -0.2) is 66.3 Å². The molecule has 114 valence electrons. The van der Waals surface area contributed by atoms with Crippen molar-refractivity contribution in [3.8, 4) is 0 Å². The monoisotopic (exact) mass is 284 g/mol. The number of methoxy groups -OCH3 is 1. The Morgan fingerprint density at radius 2 is 1.60 bits per heavy atom. The first-order valence-electron chi connectivity index (χ1n) is 7.10. The molecule has 0 aromatic rings. The van der Waals surface area contributed by atoms with Crippen LogP contribution in [0.5, 0.6) is 0 Å². The average Bonchev–Trinajstić information content (AvgIpc) is 3.17. The largest absolute Gasteiger partial charge is 0.468 e. The average molecular weight is 284 g/mol. The zero-order valence-corrected chi connectivity index (χ0v) is 12.8. The van der Waals surface area contributed by atoms with E-state index in [0.717, 1.165) is 12.8 Å². The number of esters is 1. The Bertz CT molecular complexity index is 390. The third-order valence-electron chi connectivity index (χ3n) is 3.83. The maximum absolute atomic E-state index is 12.0. The van der Waals surface area contributed by atoms with Gasteiger partial charge in [0.25, 0.3) is 0 Å². The van der Waals surface area contributed by atoms with Crippen molar-refractivity contribution >= 4 is 12.1 Å². The van der Waals surface area contributed by atoms with Gasteiger partial charge in [-0.3, -0.25) is 9.69 Å². The van der Waals surface area contributed by atoms with Gasteiger partial charge in [-0.25, -0.2) is 4.79 Å². The van der Waals surface area contributed by atoms with Crippen LogP contribution in [0.2, 0.25) is 0 Å². The third-order valence-corrected chi connectivity index (χ3v) is 3.83. The summed E-state index contributed by atoms with van der Waals surface area (Å²) in [5.41, 5.74) is -0.896. The van der Waals surface area contributed by atoms with Gasteiger partial charge in [0, 0.05) is 26.2 Å². The molecule has 6 nitrogen and oxygen atoms in total. The second kappa shape index (κ2) is 5.24. The Kier molecular flexibility index (Phi) is 3.95. The topological polar surface area (TPSA) is 59.1 Å². The highest BCUT2D eigenvalue weighted by Gasteiger charge is 2.56. The summed E-state index contributed by atoms with van der Waals surface area (Å²) < 4.78 is 10.2. The third kappa shape index (κ3) is 3.06. The highest BCUT2D eigenvalue weighted by molar-refractivity contribution is 5.84. The van der Waals surface area contributed by atoms with Gasteiger partial charge in [0.05, 0.1) is 7.11 Å². The Labute approximate surface area is 120 Å². The predicted molar refractivity (Wildman–Crippen MR) is 73.4 cm³/mol. The highest BCUT2D eigenvalue weighted by Crippen LogP contribution is 2.43. The minimum Gasteiger partial charge on any atom is -0.468 e. The molecule has 0 N–H and O–H groups in total. The molecule has 1 saturated heterocycles. The summed E-state index contributed by atoms with van der Waals surface area (Å²) in [6, 6.07) is 0. The number of carbonyl (C=O) groups is 2. The summed E-state index contributed by atoms with van der Waals surface area (Å²) in [6.45, 7) is 8.14. The van der Waals surface area contributed by atoms with Gasteiger partial charge >= 0.3 is 12.1 Å². The molecule has 0 spiro atoms. The van der Waals surface area contributed by atoms with E-state index in [4.69, 9.17) is 9.47 Å². The summed E-state index contributed by atoms with van der Waals surface area (Å²) in [5, 5.41) is 0. The van der Waals surface area contributed by atoms with E-state index in [9.17, 15) is 9.59 Å². The van der Waals surface area contributed by atoms with Crippen LogP contribution in [0, 0.1) is 0 Å². The smallest absolute Gasteiger partial charge is 0.410 e. The first kappa shape index (κ1) is 15.1. The van der Waals surface area contributed by atoms with Crippen LogP contribution in [0.3, 0.4) is 0 Å². The molecule has 1 aliphatic heterocycles. The molecule has 0 unspecified atom stereocenters. The van der Waals surface area contributed by atoms with Gasteiger partial charge < -0.3 is 14.4 Å². The van der Waals surface area contributed by atoms with Crippen molar-refractivity contribution in [2.75, 3.05) is 33.3 Å². The van der Waals surface area contributed by atoms with Gasteiger partial charge in [-0.05, 0) is 33.6 Å². The van der Waals surface area contributed by atoms with Crippen molar-refractivity contribution in [2.45, 2.75) is 44.8 Å². The van der Waals surface area contributed by atoms with E-state index in [1.54, 1.807) is 4.90 Å². The zero-order chi connectivity index (χ0) is 15.0. The van der Waals surface area contributed by atoms with E-state index in [1.165, 1.54) is 7.11 Å². The highest BCUT2D eigenvalue weighted by atomic mass is 16.6. The summed E-state index contributed by atoms with van der Waals surface area (Å²) in [6.07, 6.45) is 1.43. The van der Waals surface area contributed by atoms with Crippen molar-refractivity contribution in [1.82, 2.24) is 9.80 Å². The molecule has 0 aromatic heterocycles. The molecule has 1 aliphatic carbocycles. The molecular weight excluding hydrogens is 260 g/mol. The molecule has 1 saturated carbocycles. The fourth-order valence-electron chi connectivity index (χ4n) is 2.60. The first-order valence-corrected chi connectivity index (χ1v) is 7.10. The number of amides is 1. The normalized spacial score (nSPS) is 22.3. The van der Waals surface area contributed by atoms with Crippen LogP contribution in [-0.2, 0) is 14.3 Å². The minimum atomic E-state index is -0.474. The van der Waals surface area contributed by atoms with Crippen LogP contribution in [0.1, 0.15) is 33.6 Å². The number of piperazine rings is 1. The molecular formula is C14H24N2O4. The summed E-state index contributed by atoms with van der Waals surface area (Å²) in [4.78, 5) is 27.6. The quantitative estimate of drug-likeness (QED) is 0.714. The molecule has 1 heterocycles. The summed E-state index contributed by atoms with van der Waals surface area (Å²) >= 11 is 0. The zero-order valence-electron chi connectivity index (χ0n) is 12.8. The molecule has 0 aromatic carbocycles. The van der Waals surface area contributed by atoms with Gasteiger partial charge in [0.1, 0.15) is 11.1 Å². The Hall–Kier alpha value is -1.30. The Morgan fingerprint density at radius 3 is 2.00 bits per heavy atom. The summed E-state index contributed by atoms with van der Waals surface area (Å²) in [7, 11) is 1.43. The molecule has 0 atom stereocenters. The minimum absolute atomic E-state index is 0.150. The van der Waals surface area contributed by atoms with Crippen LogP contribution in [0.15, 0.2) is 0 Å². The Morgan fingerprint density at radius 1 is 1.05 bits per heavy atom. The lowest BCUT2D eigenvalue weighted by atomic mass is 10.2. The van der Waals surface area contributed by atoms with Crippen molar-refractivity contribution in [1.29, 1.82) is 0 Å². The van der Waals surface area contributed by atoms with Crippen molar-refractivity contribution in [3.05, 3.63) is 0 Å². The number of ether oxygens (including phenoxy) is 2. The number of hydrogen-bond donors (Lipinski definition) is 0. The maximum Gasteiger partial charge on any atom is 0.410 e. The first-order chi connectivity index (χ1) is 9.28. The number of hydrogen-bond acceptors (Lipinski definition) is 5. The van der Waals surface area contributed by atoms with Crippen molar-refractivity contribution in [2.24, 2.45) is 0 Å². The fraction of sp³-hybridized carbons (Fsp3) is 0.857. The molecule has 1 amide bonds. The van der Waals surface area contributed by atoms with Crippen LogP contribution >= 0.6 is 0 Å². The summed E-state index contributed by atoms with van der Waals surface area (Å²) in [5.74, 6) is -0.150. The predicted octanol–water partition coefficient (Wildman–Crippen LogP) is 1.24. The SMILES string of the molecule is COC(=O)C1(N2CCN(C(=O)OC(C)(C)C)CC2)CC1. The van der Waals surface area contributed by atoms with E-state index in [0.29, 0.717) is 26.2 Å². The van der Waals surface area contributed by atoms with Crippen LogP contribution < -0.4 is 0 Å². The van der Waals surface area contributed by atoms with Crippen molar-refractivity contribution in [3.63, 3.8) is 0 Å². The van der Waals surface area contributed by atoms with Crippen molar-refractivity contribution < 1.29 is 19.1 Å². The van der Waals surface area contributed by atoms with E-state index >= 15 is 0 Å². The number of rotatable bonds is 2. The lowest BCUT2D eigenvalue weighted by molar-refractivity contribution is -0.149. The van der Waals surface area contributed by atoms with E-state index < -0.39 is 11.1 Å². The molecule has 0 bridgehead atoms. The number of nitrogens with zero attached hydrogens (tertiary/aromatic N) is 2. The lowest BCUT2D eigenvalue weighted by Crippen LogP contribution is -2.56. The van der Waals surface area contributed by atoms with E-state index in [1.807, 2.05) is 20.8 Å². The van der Waals surface area contributed by atoms with Gasteiger partial charge in [0.15, 0.2) is 0 Å². The van der Waals surface area contributed by atoms with Gasteiger partial charge in [-0.2, -0.15) is 0 Å².